The Labute approximate surface area is 171 Å². The third-order valence-electron chi connectivity index (χ3n) is 6.04. The highest BCUT2D eigenvalue weighted by atomic mass is 16.5. The second kappa shape index (κ2) is 8.08. The Morgan fingerprint density at radius 1 is 1.07 bits per heavy atom. The van der Waals surface area contributed by atoms with Crippen LogP contribution in [0.1, 0.15) is 17.7 Å². The fourth-order valence-electron chi connectivity index (χ4n) is 4.50. The molecule has 7 nitrogen and oxygen atoms in total. The molecule has 7 heteroatoms. The Morgan fingerprint density at radius 2 is 1.90 bits per heavy atom. The third-order valence-corrected chi connectivity index (χ3v) is 6.04. The molecule has 2 saturated heterocycles. The summed E-state index contributed by atoms with van der Waals surface area (Å²) < 4.78 is 5.39. The molecule has 5 rings (SSSR count). The quantitative estimate of drug-likeness (QED) is 0.847. The molecule has 29 heavy (non-hydrogen) atoms. The molecule has 0 unspecified atom stereocenters. The number of hydrogen-bond acceptors (Lipinski definition) is 6. The van der Waals surface area contributed by atoms with Crippen LogP contribution in [0.2, 0.25) is 0 Å². The van der Waals surface area contributed by atoms with E-state index in [-0.39, 0.29) is 11.9 Å². The standard InChI is InChI=1S/C22H27N5O2/c28-22(26-11-13-29-14-12-26)19-15-27(10-9-23-19)21-17-7-4-8-18(17)24-20(25-21)16-5-2-1-3-6-16/h1-3,5-6,19,23H,4,7-15H2/t19-/m1/s1. The number of carbonyl (C=O) groups is 1. The van der Waals surface area contributed by atoms with Crippen molar-refractivity contribution in [1.82, 2.24) is 20.2 Å². The van der Waals surface area contributed by atoms with E-state index in [0.29, 0.717) is 32.8 Å². The van der Waals surface area contributed by atoms with Gasteiger partial charge in [0.05, 0.1) is 13.2 Å². The Bertz CT molecular complexity index is 882. The predicted octanol–water partition coefficient (Wildman–Crippen LogP) is 1.27. The molecule has 1 amide bonds. The second-order valence-corrected chi connectivity index (χ2v) is 7.91. The average Bonchev–Trinajstić information content (AvgIpc) is 3.28. The van der Waals surface area contributed by atoms with Gasteiger partial charge in [0.15, 0.2) is 5.82 Å². The minimum atomic E-state index is -0.200. The molecular weight excluding hydrogens is 366 g/mol. The first-order chi connectivity index (χ1) is 14.3. The summed E-state index contributed by atoms with van der Waals surface area (Å²) in [5, 5.41) is 3.41. The van der Waals surface area contributed by atoms with Gasteiger partial charge in [0.2, 0.25) is 5.91 Å². The molecule has 2 aliphatic heterocycles. The molecule has 1 aromatic heterocycles. The van der Waals surface area contributed by atoms with Crippen molar-refractivity contribution in [2.45, 2.75) is 25.3 Å². The van der Waals surface area contributed by atoms with Crippen LogP contribution < -0.4 is 10.2 Å². The lowest BCUT2D eigenvalue weighted by molar-refractivity contribution is -0.137. The summed E-state index contributed by atoms with van der Waals surface area (Å²) in [6.45, 7) is 4.89. The summed E-state index contributed by atoms with van der Waals surface area (Å²) in [7, 11) is 0. The number of aryl methyl sites for hydroxylation is 1. The molecule has 2 fully saturated rings. The van der Waals surface area contributed by atoms with Crippen LogP contribution in [-0.2, 0) is 22.4 Å². The number of carbonyl (C=O) groups excluding carboxylic acids is 1. The maximum Gasteiger partial charge on any atom is 0.241 e. The van der Waals surface area contributed by atoms with Gasteiger partial charge in [0.25, 0.3) is 0 Å². The van der Waals surface area contributed by atoms with Crippen molar-refractivity contribution in [3.05, 3.63) is 41.6 Å². The van der Waals surface area contributed by atoms with Crippen molar-refractivity contribution in [3.8, 4) is 11.4 Å². The molecule has 0 spiro atoms. The largest absolute Gasteiger partial charge is 0.378 e. The Kier molecular flexibility index (Phi) is 5.16. The summed E-state index contributed by atoms with van der Waals surface area (Å²) in [6.07, 6.45) is 3.15. The van der Waals surface area contributed by atoms with Crippen LogP contribution in [0.5, 0.6) is 0 Å². The van der Waals surface area contributed by atoms with E-state index in [2.05, 4.69) is 22.3 Å². The summed E-state index contributed by atoms with van der Waals surface area (Å²) in [6, 6.07) is 9.97. The maximum atomic E-state index is 13.0. The van der Waals surface area contributed by atoms with Crippen LogP contribution in [0.25, 0.3) is 11.4 Å². The monoisotopic (exact) mass is 393 g/mol. The van der Waals surface area contributed by atoms with Crippen molar-refractivity contribution in [2.24, 2.45) is 0 Å². The normalized spacial score (nSPS) is 21.9. The molecule has 0 radical (unpaired) electrons. The zero-order chi connectivity index (χ0) is 19.6. The number of fused-ring (bicyclic) bond motifs is 1. The van der Waals surface area contributed by atoms with Gasteiger partial charge in [0.1, 0.15) is 11.9 Å². The zero-order valence-corrected chi connectivity index (χ0v) is 16.6. The van der Waals surface area contributed by atoms with Crippen molar-refractivity contribution in [2.75, 3.05) is 50.8 Å². The van der Waals surface area contributed by atoms with Crippen molar-refractivity contribution in [3.63, 3.8) is 0 Å². The molecule has 1 aliphatic carbocycles. The zero-order valence-electron chi connectivity index (χ0n) is 16.6. The van der Waals surface area contributed by atoms with Gasteiger partial charge in [-0.25, -0.2) is 9.97 Å². The van der Waals surface area contributed by atoms with Gasteiger partial charge in [-0.1, -0.05) is 30.3 Å². The predicted molar refractivity (Wildman–Crippen MR) is 111 cm³/mol. The van der Waals surface area contributed by atoms with Crippen molar-refractivity contribution >= 4 is 11.7 Å². The fourth-order valence-corrected chi connectivity index (χ4v) is 4.50. The minimum absolute atomic E-state index is 0.173. The molecule has 3 heterocycles. The van der Waals surface area contributed by atoms with Crippen molar-refractivity contribution < 1.29 is 9.53 Å². The van der Waals surface area contributed by atoms with Gasteiger partial charge in [0, 0.05) is 49.5 Å². The van der Waals surface area contributed by atoms with Gasteiger partial charge in [-0.15, -0.1) is 0 Å². The number of benzene rings is 1. The number of morpholine rings is 1. The Hall–Kier alpha value is -2.51. The van der Waals surface area contributed by atoms with E-state index in [1.54, 1.807) is 0 Å². The molecule has 0 saturated carbocycles. The Morgan fingerprint density at radius 3 is 2.72 bits per heavy atom. The summed E-state index contributed by atoms with van der Waals surface area (Å²) in [4.78, 5) is 27.1. The van der Waals surface area contributed by atoms with E-state index in [1.165, 1.54) is 11.3 Å². The maximum absolute atomic E-state index is 13.0. The first-order valence-corrected chi connectivity index (χ1v) is 10.6. The van der Waals surface area contributed by atoms with Crippen LogP contribution in [0, 0.1) is 0 Å². The summed E-state index contributed by atoms with van der Waals surface area (Å²) >= 11 is 0. The third kappa shape index (κ3) is 3.72. The van der Waals surface area contributed by atoms with E-state index in [1.807, 2.05) is 23.1 Å². The van der Waals surface area contributed by atoms with E-state index in [9.17, 15) is 4.79 Å². The molecule has 1 atom stereocenters. The highest BCUT2D eigenvalue weighted by molar-refractivity contribution is 5.83. The molecule has 3 aliphatic rings. The number of nitrogens with zero attached hydrogens (tertiary/aromatic N) is 4. The number of piperazine rings is 1. The highest BCUT2D eigenvalue weighted by Gasteiger charge is 2.32. The summed E-state index contributed by atoms with van der Waals surface area (Å²) in [5.41, 5.74) is 3.48. The van der Waals surface area contributed by atoms with E-state index >= 15 is 0 Å². The number of amides is 1. The first-order valence-electron chi connectivity index (χ1n) is 10.6. The molecule has 1 N–H and O–H groups in total. The topological polar surface area (TPSA) is 70.6 Å². The van der Waals surface area contributed by atoms with Crippen LogP contribution >= 0.6 is 0 Å². The number of anilines is 1. The lowest BCUT2D eigenvalue weighted by atomic mass is 10.1. The van der Waals surface area contributed by atoms with Gasteiger partial charge in [-0.05, 0) is 19.3 Å². The van der Waals surface area contributed by atoms with Crippen LogP contribution in [0.15, 0.2) is 30.3 Å². The van der Waals surface area contributed by atoms with Gasteiger partial charge >= 0.3 is 0 Å². The van der Waals surface area contributed by atoms with Crippen LogP contribution in [0.4, 0.5) is 5.82 Å². The number of aromatic nitrogens is 2. The molecule has 152 valence electrons. The summed E-state index contributed by atoms with van der Waals surface area (Å²) in [5.74, 6) is 1.98. The lowest BCUT2D eigenvalue weighted by Gasteiger charge is -2.38. The molecule has 1 aromatic carbocycles. The molecule has 0 bridgehead atoms. The van der Waals surface area contributed by atoms with E-state index in [0.717, 1.165) is 49.6 Å². The molecular formula is C22H27N5O2. The van der Waals surface area contributed by atoms with Crippen molar-refractivity contribution in [1.29, 1.82) is 0 Å². The Balaban J connectivity index is 1.42. The van der Waals surface area contributed by atoms with Gasteiger partial charge < -0.3 is 19.9 Å². The number of nitrogens with one attached hydrogen (secondary N) is 1. The number of hydrogen-bond donors (Lipinski definition) is 1. The first kappa shape index (κ1) is 18.5. The van der Waals surface area contributed by atoms with E-state index in [4.69, 9.17) is 14.7 Å². The smallest absolute Gasteiger partial charge is 0.241 e. The highest BCUT2D eigenvalue weighted by Crippen LogP contribution is 2.32. The fraction of sp³-hybridized carbons (Fsp3) is 0.500. The van der Waals surface area contributed by atoms with Gasteiger partial charge in [-0.2, -0.15) is 0 Å². The number of rotatable bonds is 3. The minimum Gasteiger partial charge on any atom is -0.378 e. The average molecular weight is 393 g/mol. The van der Waals surface area contributed by atoms with Crippen LogP contribution in [0.3, 0.4) is 0 Å². The SMILES string of the molecule is O=C([C@H]1CN(c2nc(-c3ccccc3)nc3c2CCC3)CCN1)N1CCOCC1. The second-order valence-electron chi connectivity index (χ2n) is 7.91. The van der Waals surface area contributed by atoms with Crippen LogP contribution in [-0.4, -0.2) is 72.8 Å². The lowest BCUT2D eigenvalue weighted by Crippen LogP contribution is -2.59. The van der Waals surface area contributed by atoms with Gasteiger partial charge in [-0.3, -0.25) is 4.79 Å². The molecule has 2 aromatic rings. The van der Waals surface area contributed by atoms with E-state index < -0.39 is 0 Å². The number of ether oxygens (including phenoxy) is 1.